The third-order valence-electron chi connectivity index (χ3n) is 3.18. The Morgan fingerprint density at radius 1 is 1.32 bits per heavy atom. The van der Waals surface area contributed by atoms with Crippen molar-refractivity contribution in [2.24, 2.45) is 0 Å². The average Bonchev–Trinajstić information content (AvgIpc) is 2.94. The lowest BCUT2D eigenvalue weighted by Crippen LogP contribution is -2.37. The van der Waals surface area contributed by atoms with E-state index in [9.17, 15) is 9.59 Å². The summed E-state index contributed by atoms with van der Waals surface area (Å²) in [4.78, 5) is 24.6. The van der Waals surface area contributed by atoms with Gasteiger partial charge < -0.3 is 24.4 Å². The molecule has 0 spiro atoms. The number of benzene rings is 1. The van der Waals surface area contributed by atoms with Crippen molar-refractivity contribution < 1.29 is 23.8 Å². The highest BCUT2D eigenvalue weighted by Gasteiger charge is 2.15. The van der Waals surface area contributed by atoms with Crippen LogP contribution in [0.25, 0.3) is 0 Å². The second-order valence-electron chi connectivity index (χ2n) is 4.78. The van der Waals surface area contributed by atoms with Gasteiger partial charge in [-0.05, 0) is 24.6 Å². The van der Waals surface area contributed by atoms with Crippen LogP contribution in [0.3, 0.4) is 0 Å². The van der Waals surface area contributed by atoms with Crippen molar-refractivity contribution in [3.63, 3.8) is 0 Å². The third kappa shape index (κ3) is 4.28. The molecule has 1 heterocycles. The molecule has 7 heteroatoms. The Bertz CT molecular complexity index is 547. The molecule has 0 saturated heterocycles. The molecule has 1 aliphatic rings. The van der Waals surface area contributed by atoms with Gasteiger partial charge in [0.25, 0.3) is 0 Å². The highest BCUT2D eigenvalue weighted by Crippen LogP contribution is 2.32. The summed E-state index contributed by atoms with van der Waals surface area (Å²) in [6, 6.07) is 5.58. The van der Waals surface area contributed by atoms with Crippen molar-refractivity contribution in [2.75, 3.05) is 26.5 Å². The molecule has 1 aliphatic heterocycles. The van der Waals surface area contributed by atoms with Gasteiger partial charge >= 0.3 is 6.09 Å². The fourth-order valence-electron chi connectivity index (χ4n) is 2.08. The van der Waals surface area contributed by atoms with Gasteiger partial charge in [0.1, 0.15) is 0 Å². The molecule has 0 aliphatic carbocycles. The van der Waals surface area contributed by atoms with Crippen molar-refractivity contribution in [3.8, 4) is 11.5 Å². The number of carbonyl (C=O) groups is 2. The normalized spacial score (nSPS) is 11.9. The monoisotopic (exact) mass is 308 g/mol. The van der Waals surface area contributed by atoms with Crippen LogP contribution in [0.1, 0.15) is 19.4 Å². The number of hydrogen-bond donors (Lipinski definition) is 1. The van der Waals surface area contributed by atoms with E-state index in [0.29, 0.717) is 37.7 Å². The van der Waals surface area contributed by atoms with Crippen LogP contribution in [0.4, 0.5) is 4.79 Å². The summed E-state index contributed by atoms with van der Waals surface area (Å²) in [7, 11) is 0. The molecular formula is C15H20N2O5. The van der Waals surface area contributed by atoms with Crippen molar-refractivity contribution in [1.82, 2.24) is 10.2 Å². The summed E-state index contributed by atoms with van der Waals surface area (Å²) >= 11 is 0. The molecule has 1 N–H and O–H groups in total. The smallest absolute Gasteiger partial charge is 0.407 e. The van der Waals surface area contributed by atoms with Gasteiger partial charge in [0, 0.05) is 26.6 Å². The molecule has 120 valence electrons. The van der Waals surface area contributed by atoms with Crippen LogP contribution in [0, 0.1) is 0 Å². The maximum absolute atomic E-state index is 11.7. The molecule has 1 aromatic rings. The molecule has 22 heavy (non-hydrogen) atoms. The Kier molecular flexibility index (Phi) is 5.46. The highest BCUT2D eigenvalue weighted by molar-refractivity contribution is 5.73. The first-order valence-corrected chi connectivity index (χ1v) is 7.14. The number of ether oxygens (including phenoxy) is 3. The van der Waals surface area contributed by atoms with E-state index in [1.165, 1.54) is 6.92 Å². The van der Waals surface area contributed by atoms with E-state index in [1.807, 2.05) is 18.2 Å². The minimum atomic E-state index is -0.478. The minimum Gasteiger partial charge on any atom is -0.454 e. The second kappa shape index (κ2) is 7.53. The van der Waals surface area contributed by atoms with Gasteiger partial charge in [0.15, 0.2) is 11.5 Å². The fraction of sp³-hybridized carbons (Fsp3) is 0.467. The van der Waals surface area contributed by atoms with Crippen molar-refractivity contribution in [3.05, 3.63) is 23.8 Å². The molecule has 0 saturated carbocycles. The molecule has 0 fully saturated rings. The molecule has 0 bridgehead atoms. The third-order valence-corrected chi connectivity index (χ3v) is 3.18. The molecule has 0 unspecified atom stereocenters. The zero-order valence-corrected chi connectivity index (χ0v) is 12.8. The molecule has 2 rings (SSSR count). The number of nitrogens with zero attached hydrogens (tertiary/aromatic N) is 1. The van der Waals surface area contributed by atoms with E-state index in [-0.39, 0.29) is 12.7 Å². The number of fused-ring (bicyclic) bond motifs is 1. The average molecular weight is 308 g/mol. The van der Waals surface area contributed by atoms with Crippen LogP contribution in [0.2, 0.25) is 0 Å². The van der Waals surface area contributed by atoms with Crippen LogP contribution in [-0.2, 0) is 16.1 Å². The van der Waals surface area contributed by atoms with Gasteiger partial charge in [0.05, 0.1) is 6.61 Å². The first kappa shape index (κ1) is 15.9. The molecule has 7 nitrogen and oxygen atoms in total. The van der Waals surface area contributed by atoms with Crippen molar-refractivity contribution in [1.29, 1.82) is 0 Å². The predicted molar refractivity (Wildman–Crippen MR) is 78.7 cm³/mol. The molecule has 2 amide bonds. The Labute approximate surface area is 129 Å². The van der Waals surface area contributed by atoms with Gasteiger partial charge in [-0.1, -0.05) is 6.07 Å². The maximum Gasteiger partial charge on any atom is 0.407 e. The Morgan fingerprint density at radius 3 is 2.82 bits per heavy atom. The van der Waals surface area contributed by atoms with Gasteiger partial charge in [0.2, 0.25) is 12.7 Å². The zero-order chi connectivity index (χ0) is 15.9. The van der Waals surface area contributed by atoms with Gasteiger partial charge in [-0.15, -0.1) is 0 Å². The number of rotatable bonds is 6. The molecule has 0 radical (unpaired) electrons. The van der Waals surface area contributed by atoms with E-state index in [0.717, 1.165) is 5.56 Å². The van der Waals surface area contributed by atoms with Crippen molar-refractivity contribution >= 4 is 12.0 Å². The SMILES string of the molecule is CCOC(=O)NCCN(Cc1ccc2c(c1)OCO2)C(C)=O. The summed E-state index contributed by atoms with van der Waals surface area (Å²) in [6.45, 7) is 4.96. The zero-order valence-electron chi connectivity index (χ0n) is 12.8. The van der Waals surface area contributed by atoms with Gasteiger partial charge in [-0.2, -0.15) is 0 Å². The van der Waals surface area contributed by atoms with Gasteiger partial charge in [-0.25, -0.2) is 4.79 Å². The van der Waals surface area contributed by atoms with Crippen LogP contribution in [0.5, 0.6) is 11.5 Å². The number of alkyl carbamates (subject to hydrolysis) is 1. The standard InChI is InChI=1S/C15H20N2O5/c1-3-20-15(19)16-6-7-17(11(2)18)9-12-4-5-13-14(8-12)22-10-21-13/h4-5,8H,3,6-7,9-10H2,1-2H3,(H,16,19). The Morgan fingerprint density at radius 2 is 2.09 bits per heavy atom. The van der Waals surface area contributed by atoms with Gasteiger partial charge in [-0.3, -0.25) is 4.79 Å². The van der Waals surface area contributed by atoms with Crippen LogP contribution in [0.15, 0.2) is 18.2 Å². The molecule has 1 aromatic carbocycles. The largest absolute Gasteiger partial charge is 0.454 e. The first-order valence-electron chi connectivity index (χ1n) is 7.14. The lowest BCUT2D eigenvalue weighted by molar-refractivity contribution is -0.129. The van der Waals surface area contributed by atoms with E-state index in [2.05, 4.69) is 5.32 Å². The summed E-state index contributed by atoms with van der Waals surface area (Å²) < 4.78 is 15.3. The first-order chi connectivity index (χ1) is 10.6. The van der Waals surface area contributed by atoms with E-state index in [1.54, 1.807) is 11.8 Å². The Balaban J connectivity index is 1.89. The van der Waals surface area contributed by atoms with Crippen LogP contribution < -0.4 is 14.8 Å². The number of carbonyl (C=O) groups excluding carboxylic acids is 2. The number of nitrogens with one attached hydrogen (secondary N) is 1. The summed E-state index contributed by atoms with van der Waals surface area (Å²) in [5, 5.41) is 2.60. The van der Waals surface area contributed by atoms with Crippen molar-refractivity contribution in [2.45, 2.75) is 20.4 Å². The second-order valence-corrected chi connectivity index (χ2v) is 4.78. The fourth-order valence-corrected chi connectivity index (χ4v) is 2.08. The number of amides is 2. The summed E-state index contributed by atoms with van der Waals surface area (Å²) in [5.41, 5.74) is 0.940. The quantitative estimate of drug-likeness (QED) is 0.862. The highest BCUT2D eigenvalue weighted by atomic mass is 16.7. The summed E-state index contributed by atoms with van der Waals surface area (Å²) in [6.07, 6.45) is -0.478. The lowest BCUT2D eigenvalue weighted by Gasteiger charge is -2.21. The van der Waals surface area contributed by atoms with Crippen LogP contribution >= 0.6 is 0 Å². The van der Waals surface area contributed by atoms with E-state index >= 15 is 0 Å². The predicted octanol–water partition coefficient (Wildman–Crippen LogP) is 1.51. The van der Waals surface area contributed by atoms with E-state index in [4.69, 9.17) is 14.2 Å². The van der Waals surface area contributed by atoms with E-state index < -0.39 is 6.09 Å². The number of hydrogen-bond acceptors (Lipinski definition) is 5. The topological polar surface area (TPSA) is 77.1 Å². The minimum absolute atomic E-state index is 0.0664. The molecular weight excluding hydrogens is 288 g/mol. The molecule has 0 aromatic heterocycles. The lowest BCUT2D eigenvalue weighted by atomic mass is 10.2. The van der Waals surface area contributed by atoms with Crippen LogP contribution in [-0.4, -0.2) is 43.4 Å². The summed E-state index contributed by atoms with van der Waals surface area (Å²) in [5.74, 6) is 1.33. The Hall–Kier alpha value is -2.44. The maximum atomic E-state index is 11.7. The molecule has 0 atom stereocenters.